The Morgan fingerprint density at radius 2 is 1.92 bits per heavy atom. The quantitative estimate of drug-likeness (QED) is 0.712. The Balaban J connectivity index is 1.72. The zero-order chi connectivity index (χ0) is 17.1. The Hall–Kier alpha value is -0.450. The highest BCUT2D eigenvalue weighted by molar-refractivity contribution is 5.92. The highest BCUT2D eigenvalue weighted by atomic mass is 16.5. The number of Topliss-reactive ketones (excluding diaryl/α,β-unsaturated/α-hetero) is 1. The molecule has 0 aromatic heterocycles. The van der Waals surface area contributed by atoms with Crippen molar-refractivity contribution in [3.63, 3.8) is 0 Å². The van der Waals surface area contributed by atoms with Crippen molar-refractivity contribution in [3.05, 3.63) is 0 Å². The molecule has 4 heteroatoms. The minimum Gasteiger partial charge on any atom is -0.392 e. The van der Waals surface area contributed by atoms with Crippen LogP contribution in [0.4, 0.5) is 0 Å². The van der Waals surface area contributed by atoms with E-state index in [0.717, 1.165) is 19.3 Å². The topological polar surface area (TPSA) is 66.8 Å². The SMILES string of the molecule is CC1C(=O)C23C(O)CC4C(C)(C)CCCC45COC(CC1C2O)C53. The molecule has 4 nitrogen and oxygen atoms in total. The molecule has 2 N–H and O–H groups in total. The molecule has 0 radical (unpaired) electrons. The molecule has 2 spiro atoms. The fourth-order valence-electron chi connectivity index (χ4n) is 8.19. The Labute approximate surface area is 144 Å². The van der Waals surface area contributed by atoms with Gasteiger partial charge in [0.1, 0.15) is 5.78 Å². The van der Waals surface area contributed by atoms with E-state index in [1.165, 1.54) is 6.42 Å². The van der Waals surface area contributed by atoms with Crippen LogP contribution >= 0.6 is 0 Å². The lowest BCUT2D eigenvalue weighted by Crippen LogP contribution is -2.68. The van der Waals surface area contributed by atoms with E-state index < -0.39 is 17.6 Å². The molecule has 24 heavy (non-hydrogen) atoms. The zero-order valence-corrected chi connectivity index (χ0v) is 15.0. The molecular formula is C20H30O4. The third-order valence-corrected chi connectivity index (χ3v) is 9.06. The summed E-state index contributed by atoms with van der Waals surface area (Å²) in [6.07, 6.45) is 3.45. The predicted molar refractivity (Wildman–Crippen MR) is 88.1 cm³/mol. The van der Waals surface area contributed by atoms with Crippen molar-refractivity contribution < 1.29 is 19.7 Å². The van der Waals surface area contributed by atoms with Gasteiger partial charge in [-0.2, -0.15) is 0 Å². The van der Waals surface area contributed by atoms with Crippen LogP contribution in [0.15, 0.2) is 0 Å². The van der Waals surface area contributed by atoms with E-state index in [9.17, 15) is 15.0 Å². The average molecular weight is 334 g/mol. The summed E-state index contributed by atoms with van der Waals surface area (Å²) in [4.78, 5) is 13.3. The van der Waals surface area contributed by atoms with Gasteiger partial charge in [-0.15, -0.1) is 0 Å². The maximum Gasteiger partial charge on any atom is 0.147 e. The van der Waals surface area contributed by atoms with Crippen molar-refractivity contribution in [3.8, 4) is 0 Å². The first-order chi connectivity index (χ1) is 11.3. The van der Waals surface area contributed by atoms with Gasteiger partial charge in [-0.3, -0.25) is 4.79 Å². The summed E-state index contributed by atoms with van der Waals surface area (Å²) in [5.74, 6) is 0.293. The smallest absolute Gasteiger partial charge is 0.147 e. The Morgan fingerprint density at radius 3 is 2.67 bits per heavy atom. The number of carbonyl (C=O) groups excluding carboxylic acids is 1. The third kappa shape index (κ3) is 1.44. The van der Waals surface area contributed by atoms with Crippen LogP contribution in [-0.4, -0.2) is 40.9 Å². The summed E-state index contributed by atoms with van der Waals surface area (Å²) in [5.41, 5.74) is -0.834. The number of carbonyl (C=O) groups is 1. The third-order valence-electron chi connectivity index (χ3n) is 9.06. The number of rotatable bonds is 0. The fourth-order valence-corrected chi connectivity index (χ4v) is 8.19. The van der Waals surface area contributed by atoms with Crippen LogP contribution < -0.4 is 0 Å². The van der Waals surface area contributed by atoms with Gasteiger partial charge in [0.15, 0.2) is 0 Å². The molecule has 2 bridgehead atoms. The second kappa shape index (κ2) is 4.44. The highest BCUT2D eigenvalue weighted by Crippen LogP contribution is 2.73. The normalized spacial score (nSPS) is 60.7. The fraction of sp³-hybridized carbons (Fsp3) is 0.950. The minimum absolute atomic E-state index is 0.00187. The zero-order valence-electron chi connectivity index (χ0n) is 15.0. The molecule has 134 valence electrons. The summed E-state index contributed by atoms with van der Waals surface area (Å²) in [6.45, 7) is 7.30. The monoisotopic (exact) mass is 334 g/mol. The molecule has 0 aromatic rings. The second-order valence-electron chi connectivity index (χ2n) is 10.1. The lowest BCUT2D eigenvalue weighted by atomic mass is 9.40. The molecule has 1 heterocycles. The van der Waals surface area contributed by atoms with E-state index in [1.807, 2.05) is 6.92 Å². The maximum absolute atomic E-state index is 13.3. The number of hydrogen-bond acceptors (Lipinski definition) is 4. The number of aliphatic hydroxyl groups excluding tert-OH is 2. The number of hydrogen-bond donors (Lipinski definition) is 2. The van der Waals surface area contributed by atoms with Gasteiger partial charge < -0.3 is 14.9 Å². The Bertz CT molecular complexity index is 600. The van der Waals surface area contributed by atoms with Crippen LogP contribution in [0.25, 0.3) is 0 Å². The Kier molecular flexibility index (Phi) is 2.92. The van der Waals surface area contributed by atoms with Crippen LogP contribution in [0.2, 0.25) is 0 Å². The van der Waals surface area contributed by atoms with Gasteiger partial charge in [0.25, 0.3) is 0 Å². The second-order valence-corrected chi connectivity index (χ2v) is 10.1. The van der Waals surface area contributed by atoms with E-state index in [1.54, 1.807) is 0 Å². The predicted octanol–water partition coefficient (Wildman–Crippen LogP) is 2.16. The van der Waals surface area contributed by atoms with Gasteiger partial charge in [0.2, 0.25) is 0 Å². The maximum atomic E-state index is 13.3. The van der Waals surface area contributed by atoms with Crippen molar-refractivity contribution in [2.24, 2.45) is 39.9 Å². The van der Waals surface area contributed by atoms with Crippen molar-refractivity contribution >= 4 is 5.78 Å². The van der Waals surface area contributed by atoms with Crippen LogP contribution in [0, 0.1) is 39.9 Å². The summed E-state index contributed by atoms with van der Waals surface area (Å²) in [6, 6.07) is 0. The molecule has 4 aliphatic carbocycles. The minimum atomic E-state index is -0.965. The van der Waals surface area contributed by atoms with Crippen LogP contribution in [0.3, 0.4) is 0 Å². The molecule has 1 saturated heterocycles. The van der Waals surface area contributed by atoms with Gasteiger partial charge in [0.05, 0.1) is 30.3 Å². The number of aliphatic hydroxyl groups is 2. The van der Waals surface area contributed by atoms with E-state index in [0.29, 0.717) is 18.9 Å². The van der Waals surface area contributed by atoms with Crippen molar-refractivity contribution in [1.29, 1.82) is 0 Å². The first kappa shape index (κ1) is 15.8. The average Bonchev–Trinajstić information content (AvgIpc) is 2.93. The van der Waals surface area contributed by atoms with Crippen LogP contribution in [0.1, 0.15) is 52.9 Å². The molecule has 9 unspecified atom stereocenters. The van der Waals surface area contributed by atoms with Gasteiger partial charge >= 0.3 is 0 Å². The summed E-state index contributed by atoms with van der Waals surface area (Å²) >= 11 is 0. The summed E-state index contributed by atoms with van der Waals surface area (Å²) in [7, 11) is 0. The molecule has 4 saturated carbocycles. The summed E-state index contributed by atoms with van der Waals surface area (Å²) < 4.78 is 6.32. The molecule has 5 aliphatic rings. The lowest BCUT2D eigenvalue weighted by molar-refractivity contribution is -0.220. The molecule has 5 rings (SSSR count). The molecular weight excluding hydrogens is 304 g/mol. The van der Waals surface area contributed by atoms with Crippen LogP contribution in [0.5, 0.6) is 0 Å². The first-order valence-electron chi connectivity index (χ1n) is 9.79. The Morgan fingerprint density at radius 1 is 1.17 bits per heavy atom. The van der Waals surface area contributed by atoms with E-state index >= 15 is 0 Å². The molecule has 0 aromatic carbocycles. The standard InChI is InChI=1S/C20H30O4/c1-10-11-7-12-15-19(9-24-12)6-4-5-18(2,3)13(19)8-14(21)20(15,16(10)22)17(11)23/h10-15,17,21,23H,4-9H2,1-3H3. The number of ether oxygens (including phenoxy) is 1. The number of fused-ring (bicyclic) bond motifs is 1. The molecule has 5 fully saturated rings. The van der Waals surface area contributed by atoms with Gasteiger partial charge in [0, 0.05) is 17.3 Å². The van der Waals surface area contributed by atoms with Gasteiger partial charge in [-0.25, -0.2) is 0 Å². The van der Waals surface area contributed by atoms with Gasteiger partial charge in [-0.05, 0) is 42.9 Å². The molecule has 9 atom stereocenters. The first-order valence-corrected chi connectivity index (χ1v) is 9.79. The van der Waals surface area contributed by atoms with Crippen LogP contribution in [-0.2, 0) is 9.53 Å². The lowest BCUT2D eigenvalue weighted by Gasteiger charge is -2.63. The highest BCUT2D eigenvalue weighted by Gasteiger charge is 2.79. The van der Waals surface area contributed by atoms with Gasteiger partial charge in [-0.1, -0.05) is 27.2 Å². The molecule has 1 aliphatic heterocycles. The largest absolute Gasteiger partial charge is 0.392 e. The van der Waals surface area contributed by atoms with Crippen molar-refractivity contribution in [2.75, 3.05) is 6.61 Å². The number of ketones is 1. The summed E-state index contributed by atoms with van der Waals surface area (Å²) in [5, 5.41) is 22.4. The van der Waals surface area contributed by atoms with Crippen molar-refractivity contribution in [1.82, 2.24) is 0 Å². The van der Waals surface area contributed by atoms with E-state index in [-0.39, 0.29) is 40.5 Å². The molecule has 0 amide bonds. The van der Waals surface area contributed by atoms with Crippen molar-refractivity contribution in [2.45, 2.75) is 71.2 Å². The van der Waals surface area contributed by atoms with E-state index in [4.69, 9.17) is 4.74 Å². The van der Waals surface area contributed by atoms with E-state index in [2.05, 4.69) is 13.8 Å².